The van der Waals surface area contributed by atoms with Crippen LogP contribution in [0.15, 0.2) is 23.0 Å². The molecule has 2 rings (SSSR count). The Hall–Kier alpha value is -2.78. The fourth-order valence-electron chi connectivity index (χ4n) is 2.34. The molecule has 7 nitrogen and oxygen atoms in total. The number of imidazole rings is 1. The Morgan fingerprint density at radius 3 is 1.64 bits per heavy atom. The molecule has 0 fully saturated rings. The van der Waals surface area contributed by atoms with Gasteiger partial charge in [0.2, 0.25) is 0 Å². The summed E-state index contributed by atoms with van der Waals surface area (Å²) < 4.78 is 50.5. The lowest BCUT2D eigenvalue weighted by atomic mass is 10.2. The van der Waals surface area contributed by atoms with Gasteiger partial charge < -0.3 is 9.47 Å². The summed E-state index contributed by atoms with van der Waals surface area (Å²) >= 11 is 0. The van der Waals surface area contributed by atoms with Crippen LogP contribution in [-0.4, -0.2) is 32.5 Å². The highest BCUT2D eigenvalue weighted by Crippen LogP contribution is 2.31. The minimum atomic E-state index is -4.71. The number of aromatic nitrogens is 2. The van der Waals surface area contributed by atoms with Gasteiger partial charge in [-0.3, -0.25) is 0 Å². The standard InChI is InChI=1S/C18H21F3N2O5/c1-16(2,3)27-14(25)22-11-8-7-10(18(19,20)21)9-12(11)23(13(22)24)15(26)28-17(4,5)6/h7-9H,1-6H3. The Morgan fingerprint density at radius 1 is 0.821 bits per heavy atom. The summed E-state index contributed by atoms with van der Waals surface area (Å²) in [6, 6.07) is 2.26. The maximum atomic E-state index is 13.1. The van der Waals surface area contributed by atoms with Crippen LogP contribution in [0.2, 0.25) is 0 Å². The van der Waals surface area contributed by atoms with E-state index in [4.69, 9.17) is 9.47 Å². The summed E-state index contributed by atoms with van der Waals surface area (Å²) in [6.07, 6.45) is -7.04. The van der Waals surface area contributed by atoms with E-state index in [0.29, 0.717) is 21.3 Å². The predicted octanol–water partition coefficient (Wildman–Crippen LogP) is 4.39. The first-order chi connectivity index (χ1) is 12.5. The molecule has 0 saturated heterocycles. The zero-order valence-corrected chi connectivity index (χ0v) is 16.3. The number of hydrogen-bond acceptors (Lipinski definition) is 5. The number of carbonyl (C=O) groups is 2. The van der Waals surface area contributed by atoms with E-state index in [0.717, 1.165) is 6.07 Å². The number of rotatable bonds is 0. The summed E-state index contributed by atoms with van der Waals surface area (Å²) in [6.45, 7) is 9.28. The van der Waals surface area contributed by atoms with Gasteiger partial charge in [-0.25, -0.2) is 14.4 Å². The predicted molar refractivity (Wildman–Crippen MR) is 94.5 cm³/mol. The van der Waals surface area contributed by atoms with Gasteiger partial charge in [0.1, 0.15) is 11.2 Å². The van der Waals surface area contributed by atoms with E-state index in [1.54, 1.807) is 20.8 Å². The first-order valence-corrected chi connectivity index (χ1v) is 8.33. The molecule has 154 valence electrons. The first kappa shape index (κ1) is 21.5. The second kappa shape index (κ2) is 6.68. The molecule has 28 heavy (non-hydrogen) atoms. The number of alkyl halides is 3. The lowest BCUT2D eigenvalue weighted by molar-refractivity contribution is -0.137. The minimum Gasteiger partial charge on any atom is -0.443 e. The quantitative estimate of drug-likeness (QED) is 0.653. The Balaban J connectivity index is 2.78. The van der Waals surface area contributed by atoms with Crippen LogP contribution in [0.3, 0.4) is 0 Å². The van der Waals surface area contributed by atoms with Crippen LogP contribution >= 0.6 is 0 Å². The zero-order chi connectivity index (χ0) is 21.7. The van der Waals surface area contributed by atoms with Crippen LogP contribution in [-0.2, 0) is 15.7 Å². The number of benzene rings is 1. The summed E-state index contributed by atoms with van der Waals surface area (Å²) in [7, 11) is 0. The van der Waals surface area contributed by atoms with Crippen LogP contribution in [0.1, 0.15) is 47.1 Å². The third-order valence-electron chi connectivity index (χ3n) is 3.32. The molecule has 0 saturated carbocycles. The van der Waals surface area contributed by atoms with Crippen molar-refractivity contribution in [3.63, 3.8) is 0 Å². The number of carbonyl (C=O) groups excluding carboxylic acids is 2. The normalized spacial score (nSPS) is 12.9. The minimum absolute atomic E-state index is 0.210. The van der Waals surface area contributed by atoms with Crippen molar-refractivity contribution < 1.29 is 32.2 Å². The average Bonchev–Trinajstić information content (AvgIpc) is 2.73. The highest BCUT2D eigenvalue weighted by molar-refractivity contribution is 5.93. The highest BCUT2D eigenvalue weighted by Gasteiger charge is 2.34. The van der Waals surface area contributed by atoms with Gasteiger partial charge in [-0.1, -0.05) is 0 Å². The lowest BCUT2D eigenvalue weighted by Gasteiger charge is -2.19. The monoisotopic (exact) mass is 402 g/mol. The molecular weight excluding hydrogens is 381 g/mol. The molecule has 0 spiro atoms. The molecule has 0 aliphatic rings. The van der Waals surface area contributed by atoms with Crippen molar-refractivity contribution in [2.24, 2.45) is 0 Å². The second-order valence-corrected chi connectivity index (χ2v) is 8.12. The van der Waals surface area contributed by atoms with Crippen LogP contribution < -0.4 is 5.69 Å². The van der Waals surface area contributed by atoms with Crippen molar-refractivity contribution in [2.45, 2.75) is 58.9 Å². The molecule has 0 aliphatic heterocycles. The van der Waals surface area contributed by atoms with Gasteiger partial charge in [0.25, 0.3) is 0 Å². The van der Waals surface area contributed by atoms with Gasteiger partial charge in [-0.05, 0) is 59.7 Å². The van der Waals surface area contributed by atoms with Crippen molar-refractivity contribution in [2.75, 3.05) is 0 Å². The maximum Gasteiger partial charge on any atom is 0.423 e. The molecule has 10 heteroatoms. The van der Waals surface area contributed by atoms with E-state index in [2.05, 4.69) is 0 Å². The third kappa shape index (κ3) is 4.55. The molecular formula is C18H21F3N2O5. The Bertz CT molecular complexity index is 988. The molecule has 0 amide bonds. The molecule has 2 aromatic rings. The van der Waals surface area contributed by atoms with Gasteiger partial charge >= 0.3 is 24.1 Å². The summed E-state index contributed by atoms with van der Waals surface area (Å²) in [5.41, 5.74) is -4.88. The lowest BCUT2D eigenvalue weighted by Crippen LogP contribution is -2.38. The third-order valence-corrected chi connectivity index (χ3v) is 3.32. The Kier molecular flexibility index (Phi) is 5.13. The van der Waals surface area contributed by atoms with E-state index in [1.807, 2.05) is 0 Å². The summed E-state index contributed by atoms with van der Waals surface area (Å²) in [5, 5.41) is 0. The molecule has 0 N–H and O–H groups in total. The van der Waals surface area contributed by atoms with Crippen LogP contribution in [0, 0.1) is 0 Å². The molecule has 0 bridgehead atoms. The second-order valence-electron chi connectivity index (χ2n) is 8.12. The maximum absolute atomic E-state index is 13.1. The Morgan fingerprint density at radius 2 is 1.25 bits per heavy atom. The topological polar surface area (TPSA) is 79.5 Å². The largest absolute Gasteiger partial charge is 0.443 e. The number of hydrogen-bond donors (Lipinski definition) is 0. The van der Waals surface area contributed by atoms with E-state index in [-0.39, 0.29) is 5.52 Å². The van der Waals surface area contributed by atoms with E-state index in [9.17, 15) is 27.6 Å². The van der Waals surface area contributed by atoms with E-state index >= 15 is 0 Å². The number of halogens is 3. The molecule has 0 atom stereocenters. The highest BCUT2D eigenvalue weighted by atomic mass is 19.4. The van der Waals surface area contributed by atoms with E-state index < -0.39 is 46.3 Å². The number of fused-ring (bicyclic) bond motifs is 1. The zero-order valence-electron chi connectivity index (χ0n) is 16.3. The van der Waals surface area contributed by atoms with Gasteiger partial charge in [-0.15, -0.1) is 0 Å². The van der Waals surface area contributed by atoms with Gasteiger partial charge in [0.05, 0.1) is 16.6 Å². The molecule has 0 aliphatic carbocycles. The SMILES string of the molecule is CC(C)(C)OC(=O)n1c(=O)n(C(=O)OC(C)(C)C)c2cc(C(F)(F)F)ccc21. The van der Waals surface area contributed by atoms with Crippen molar-refractivity contribution in [1.29, 1.82) is 0 Å². The van der Waals surface area contributed by atoms with Crippen LogP contribution in [0.4, 0.5) is 22.8 Å². The Labute approximate surface area is 158 Å². The van der Waals surface area contributed by atoms with Crippen molar-refractivity contribution in [1.82, 2.24) is 9.13 Å². The number of ether oxygens (including phenoxy) is 2. The summed E-state index contributed by atoms with van der Waals surface area (Å²) in [5.74, 6) is 0. The molecule has 1 aromatic heterocycles. The molecule has 1 heterocycles. The average molecular weight is 402 g/mol. The van der Waals surface area contributed by atoms with Crippen molar-refractivity contribution in [3.05, 3.63) is 34.2 Å². The molecule has 1 aromatic carbocycles. The van der Waals surface area contributed by atoms with E-state index in [1.165, 1.54) is 20.8 Å². The first-order valence-electron chi connectivity index (χ1n) is 8.33. The van der Waals surface area contributed by atoms with Gasteiger partial charge in [-0.2, -0.15) is 22.3 Å². The van der Waals surface area contributed by atoms with Crippen LogP contribution in [0.5, 0.6) is 0 Å². The number of nitrogens with zero attached hydrogens (tertiary/aromatic N) is 2. The van der Waals surface area contributed by atoms with Crippen molar-refractivity contribution >= 4 is 23.2 Å². The fourth-order valence-corrected chi connectivity index (χ4v) is 2.34. The van der Waals surface area contributed by atoms with Crippen molar-refractivity contribution in [3.8, 4) is 0 Å². The summed E-state index contributed by atoms with van der Waals surface area (Å²) in [4.78, 5) is 37.7. The van der Waals surface area contributed by atoms with Crippen LogP contribution in [0.25, 0.3) is 11.0 Å². The smallest absolute Gasteiger partial charge is 0.423 e. The molecule has 0 radical (unpaired) electrons. The fraction of sp³-hybridized carbons (Fsp3) is 0.500. The van der Waals surface area contributed by atoms with Gasteiger partial charge in [0, 0.05) is 0 Å². The van der Waals surface area contributed by atoms with Gasteiger partial charge in [0.15, 0.2) is 0 Å². The molecule has 0 unspecified atom stereocenters.